The third kappa shape index (κ3) is 7.77. The average molecular weight is 427 g/mol. The minimum absolute atomic E-state index is 0.415. The van der Waals surface area contributed by atoms with E-state index in [0.717, 1.165) is 60.9 Å². The van der Waals surface area contributed by atoms with Crippen molar-refractivity contribution in [3.05, 3.63) is 48.4 Å². The predicted octanol–water partition coefficient (Wildman–Crippen LogP) is 4.27. The van der Waals surface area contributed by atoms with Crippen LogP contribution in [0, 0.1) is 0 Å². The summed E-state index contributed by atoms with van der Waals surface area (Å²) in [4.78, 5) is 20.9. The highest BCUT2D eigenvalue weighted by atomic mass is 16.5. The van der Waals surface area contributed by atoms with Gasteiger partial charge >= 0.3 is 0 Å². The highest BCUT2D eigenvalue weighted by molar-refractivity contribution is 5.82. The van der Waals surface area contributed by atoms with E-state index in [2.05, 4.69) is 33.7 Å². The molecule has 0 radical (unpaired) electrons. The molecule has 0 unspecified atom stereocenters. The Morgan fingerprint density at radius 2 is 2.10 bits per heavy atom. The molecule has 1 fully saturated rings. The van der Waals surface area contributed by atoms with Gasteiger partial charge in [0, 0.05) is 44.4 Å². The molecule has 3 rings (SSSR count). The van der Waals surface area contributed by atoms with E-state index in [1.807, 2.05) is 31.2 Å². The van der Waals surface area contributed by atoms with Crippen LogP contribution < -0.4 is 5.32 Å². The van der Waals surface area contributed by atoms with Crippen LogP contribution in [0.15, 0.2) is 42.8 Å². The molecule has 2 aromatic rings. The van der Waals surface area contributed by atoms with Crippen LogP contribution in [0.2, 0.25) is 0 Å². The lowest BCUT2D eigenvalue weighted by atomic mass is 10.1. The van der Waals surface area contributed by atoms with Crippen LogP contribution in [0.3, 0.4) is 0 Å². The Bertz CT molecular complexity index is 890. The summed E-state index contributed by atoms with van der Waals surface area (Å²) >= 11 is 0. The number of carbonyl (C=O) groups excluding carboxylic acids is 1. The summed E-state index contributed by atoms with van der Waals surface area (Å²) in [6.45, 7) is 10.5. The van der Waals surface area contributed by atoms with Crippen molar-refractivity contribution in [1.82, 2.24) is 14.9 Å². The monoisotopic (exact) mass is 426 g/mol. The maximum Gasteiger partial charge on any atom is 0.222 e. The molecule has 0 saturated carbocycles. The zero-order chi connectivity index (χ0) is 22.6. The quantitative estimate of drug-likeness (QED) is 0.499. The van der Waals surface area contributed by atoms with E-state index in [0.29, 0.717) is 24.4 Å². The molecule has 0 atom stereocenters. The normalized spacial score (nSPS) is 15.2. The number of hydrogen-bond donors (Lipinski definition) is 1. The number of rotatable bonds is 8. The van der Waals surface area contributed by atoms with Gasteiger partial charge in [0.25, 0.3) is 0 Å². The lowest BCUT2D eigenvalue weighted by Gasteiger charge is -2.29. The van der Waals surface area contributed by atoms with E-state index in [-0.39, 0.29) is 0 Å². The third-order valence-corrected chi connectivity index (χ3v) is 5.10. The number of benzene rings is 1. The van der Waals surface area contributed by atoms with Crippen LogP contribution in [0.1, 0.15) is 38.7 Å². The molecule has 31 heavy (non-hydrogen) atoms. The molecular formula is C24H34N4O3. The number of likely N-dealkylation sites (tertiary alicyclic amines) is 1. The average Bonchev–Trinajstić information content (AvgIpc) is 2.79. The number of ether oxygens (including phenoxy) is 2. The number of aromatic nitrogens is 2. The lowest BCUT2D eigenvalue weighted by Crippen LogP contribution is -2.37. The van der Waals surface area contributed by atoms with Crippen LogP contribution in [0.4, 0.5) is 5.95 Å². The minimum Gasteiger partial charge on any atom is -0.462 e. The first kappa shape index (κ1) is 24.5. The molecular weight excluding hydrogens is 392 g/mol. The summed E-state index contributed by atoms with van der Waals surface area (Å²) in [6, 6.07) is 5.89. The molecule has 2 heterocycles. The molecule has 1 N–H and O–H groups in total. The Balaban J connectivity index is 0.000000262. The number of nitrogens with zero attached hydrogens (tertiary/aromatic N) is 3. The molecule has 0 aliphatic carbocycles. The van der Waals surface area contributed by atoms with Crippen LogP contribution in [0.5, 0.6) is 0 Å². The number of aldehydes is 1. The summed E-state index contributed by atoms with van der Waals surface area (Å²) in [6.07, 6.45) is 8.26. The molecule has 7 nitrogen and oxygen atoms in total. The SMILES string of the molecule is C=C(O/C(C)=C/CC)c1ccc2cnc(NC)nc2c1.COC1CCN(CC=O)CC1. The zero-order valence-electron chi connectivity index (χ0n) is 19.1. The first-order valence-corrected chi connectivity index (χ1v) is 10.7. The molecule has 1 aliphatic rings. The van der Waals surface area contributed by atoms with E-state index in [1.54, 1.807) is 20.4 Å². The maximum atomic E-state index is 10.2. The Hall–Kier alpha value is -2.77. The topological polar surface area (TPSA) is 76.6 Å². The fourth-order valence-electron chi connectivity index (χ4n) is 3.33. The molecule has 168 valence electrons. The molecule has 0 amide bonds. The molecule has 1 saturated heterocycles. The summed E-state index contributed by atoms with van der Waals surface area (Å²) in [5.41, 5.74) is 1.78. The van der Waals surface area contributed by atoms with Crippen molar-refractivity contribution in [1.29, 1.82) is 0 Å². The number of allylic oxidation sites excluding steroid dienone is 2. The number of carbonyl (C=O) groups is 1. The molecule has 1 aromatic carbocycles. The van der Waals surface area contributed by atoms with Gasteiger partial charge in [-0.2, -0.15) is 0 Å². The van der Waals surface area contributed by atoms with Crippen LogP contribution in [0.25, 0.3) is 16.7 Å². The fourth-order valence-corrected chi connectivity index (χ4v) is 3.33. The number of hydrogen-bond acceptors (Lipinski definition) is 7. The van der Waals surface area contributed by atoms with Crippen LogP contribution >= 0.6 is 0 Å². The van der Waals surface area contributed by atoms with Gasteiger partial charge in [-0.1, -0.05) is 25.6 Å². The predicted molar refractivity (Wildman–Crippen MR) is 126 cm³/mol. The van der Waals surface area contributed by atoms with Gasteiger partial charge in [-0.3, -0.25) is 4.90 Å². The molecule has 0 spiro atoms. The van der Waals surface area contributed by atoms with E-state index < -0.39 is 0 Å². The lowest BCUT2D eigenvalue weighted by molar-refractivity contribution is -0.109. The van der Waals surface area contributed by atoms with Gasteiger partial charge in [-0.25, -0.2) is 9.97 Å². The number of anilines is 1. The zero-order valence-corrected chi connectivity index (χ0v) is 19.1. The molecule has 0 bridgehead atoms. The van der Waals surface area contributed by atoms with Crippen molar-refractivity contribution in [2.75, 3.05) is 39.1 Å². The van der Waals surface area contributed by atoms with Gasteiger partial charge in [0.1, 0.15) is 12.0 Å². The Labute approximate surface area is 185 Å². The first-order valence-electron chi connectivity index (χ1n) is 10.7. The van der Waals surface area contributed by atoms with E-state index in [1.165, 1.54) is 0 Å². The van der Waals surface area contributed by atoms with Crippen molar-refractivity contribution in [2.24, 2.45) is 0 Å². The maximum absolute atomic E-state index is 10.2. The third-order valence-electron chi connectivity index (χ3n) is 5.10. The number of piperidine rings is 1. The Morgan fingerprint density at radius 1 is 1.35 bits per heavy atom. The smallest absolute Gasteiger partial charge is 0.222 e. The number of nitrogens with one attached hydrogen (secondary N) is 1. The first-order chi connectivity index (χ1) is 15.0. The van der Waals surface area contributed by atoms with Gasteiger partial charge in [-0.15, -0.1) is 0 Å². The van der Waals surface area contributed by atoms with E-state index in [9.17, 15) is 4.79 Å². The second kappa shape index (κ2) is 12.8. The van der Waals surface area contributed by atoms with Crippen LogP contribution in [-0.4, -0.2) is 61.0 Å². The second-order valence-corrected chi connectivity index (χ2v) is 7.37. The summed E-state index contributed by atoms with van der Waals surface area (Å²) < 4.78 is 10.9. The van der Waals surface area contributed by atoms with Gasteiger partial charge in [0.15, 0.2) is 0 Å². The van der Waals surface area contributed by atoms with Gasteiger partial charge in [0.2, 0.25) is 5.95 Å². The Kier molecular flexibility index (Phi) is 10.1. The van der Waals surface area contributed by atoms with Gasteiger partial charge in [-0.05, 0) is 38.3 Å². The van der Waals surface area contributed by atoms with Gasteiger partial charge in [0.05, 0.1) is 23.9 Å². The molecule has 1 aliphatic heterocycles. The summed E-state index contributed by atoms with van der Waals surface area (Å²) in [7, 11) is 3.55. The molecule has 1 aromatic heterocycles. The van der Waals surface area contributed by atoms with Crippen molar-refractivity contribution in [2.45, 2.75) is 39.2 Å². The van der Waals surface area contributed by atoms with Crippen molar-refractivity contribution < 1.29 is 14.3 Å². The van der Waals surface area contributed by atoms with Crippen molar-refractivity contribution in [3.63, 3.8) is 0 Å². The van der Waals surface area contributed by atoms with Gasteiger partial charge < -0.3 is 19.6 Å². The number of fused-ring (bicyclic) bond motifs is 1. The number of methoxy groups -OCH3 is 1. The Morgan fingerprint density at radius 3 is 2.71 bits per heavy atom. The van der Waals surface area contributed by atoms with Crippen molar-refractivity contribution >= 4 is 28.9 Å². The van der Waals surface area contributed by atoms with Crippen LogP contribution in [-0.2, 0) is 14.3 Å². The standard InChI is InChI=1S/C16H19N3O.C8H15NO2/c1-5-6-11(2)20-12(3)13-7-8-14-10-18-16(17-4)19-15(14)9-13;1-11-8-2-4-9(5-3-8)6-7-10/h6-10H,3,5H2,1-2,4H3,(H,17,18,19);7-8H,2-6H2,1H3/b11-6+;. The highest BCUT2D eigenvalue weighted by Gasteiger charge is 2.17. The van der Waals surface area contributed by atoms with E-state index in [4.69, 9.17) is 9.47 Å². The fraction of sp³-hybridized carbons (Fsp3) is 0.458. The minimum atomic E-state index is 0.415. The molecule has 7 heteroatoms. The summed E-state index contributed by atoms with van der Waals surface area (Å²) in [5, 5.41) is 3.92. The summed E-state index contributed by atoms with van der Waals surface area (Å²) in [5.74, 6) is 2.08. The second-order valence-electron chi connectivity index (χ2n) is 7.37. The highest BCUT2D eigenvalue weighted by Crippen LogP contribution is 2.22. The largest absolute Gasteiger partial charge is 0.462 e. The van der Waals surface area contributed by atoms with E-state index >= 15 is 0 Å². The van der Waals surface area contributed by atoms with Crippen molar-refractivity contribution in [3.8, 4) is 0 Å².